The van der Waals surface area contributed by atoms with Crippen molar-refractivity contribution in [2.45, 2.75) is 47.0 Å². The lowest BCUT2D eigenvalue weighted by Crippen LogP contribution is -2.46. The maximum Gasteiger partial charge on any atom is 0.223 e. The van der Waals surface area contributed by atoms with Crippen molar-refractivity contribution in [3.8, 4) is 0 Å². The highest BCUT2D eigenvalue weighted by Crippen LogP contribution is 2.46. The van der Waals surface area contributed by atoms with E-state index in [0.29, 0.717) is 17.8 Å². The molecule has 14 heavy (non-hydrogen) atoms. The third kappa shape index (κ3) is 1.94. The zero-order chi connectivity index (χ0) is 10.9. The summed E-state index contributed by atoms with van der Waals surface area (Å²) in [5.74, 6) is 1.56. The smallest absolute Gasteiger partial charge is 0.223 e. The first-order valence-corrected chi connectivity index (χ1v) is 5.68. The Hall–Kier alpha value is -0.530. The van der Waals surface area contributed by atoms with Gasteiger partial charge in [-0.25, -0.2) is 0 Å². The van der Waals surface area contributed by atoms with Crippen LogP contribution in [0.5, 0.6) is 0 Å². The van der Waals surface area contributed by atoms with Crippen LogP contribution in [-0.4, -0.2) is 5.91 Å². The maximum absolute atomic E-state index is 11.6. The van der Waals surface area contributed by atoms with E-state index in [1.165, 1.54) is 6.42 Å². The van der Waals surface area contributed by atoms with Crippen molar-refractivity contribution in [1.29, 1.82) is 0 Å². The first kappa shape index (κ1) is 11.5. The number of hydrogen-bond acceptors (Lipinski definition) is 1. The molecule has 0 radical (unpaired) electrons. The van der Waals surface area contributed by atoms with E-state index in [4.69, 9.17) is 5.73 Å². The fraction of sp³-hybridized carbons (Fsp3) is 0.917. The molecule has 0 heterocycles. The van der Waals surface area contributed by atoms with Crippen LogP contribution in [0.4, 0.5) is 0 Å². The fourth-order valence-electron chi connectivity index (χ4n) is 3.11. The second kappa shape index (κ2) is 3.92. The second-order valence-corrected chi connectivity index (χ2v) is 5.52. The third-order valence-corrected chi connectivity index (χ3v) is 3.93. The minimum Gasteiger partial charge on any atom is -0.369 e. The van der Waals surface area contributed by atoms with Crippen LogP contribution in [0.15, 0.2) is 0 Å². The molecular formula is C12H23NO. The van der Waals surface area contributed by atoms with Gasteiger partial charge in [-0.1, -0.05) is 34.1 Å². The molecular weight excluding hydrogens is 174 g/mol. The second-order valence-electron chi connectivity index (χ2n) is 5.52. The summed E-state index contributed by atoms with van der Waals surface area (Å²) in [5, 5.41) is 0. The van der Waals surface area contributed by atoms with E-state index >= 15 is 0 Å². The topological polar surface area (TPSA) is 43.1 Å². The Morgan fingerprint density at radius 1 is 1.43 bits per heavy atom. The SMILES string of the molecule is CC1CCC(C(C)C)C(C)(C(N)=O)C1. The summed E-state index contributed by atoms with van der Waals surface area (Å²) in [6, 6.07) is 0. The molecule has 1 rings (SSSR count). The standard InChI is InChI=1S/C12H23NO/c1-8(2)10-6-5-9(3)7-12(10,4)11(13)14/h8-10H,5-7H2,1-4H3,(H2,13,14). The summed E-state index contributed by atoms with van der Waals surface area (Å²) < 4.78 is 0. The van der Waals surface area contributed by atoms with Gasteiger partial charge in [0.15, 0.2) is 0 Å². The van der Waals surface area contributed by atoms with E-state index in [1.807, 2.05) is 0 Å². The van der Waals surface area contributed by atoms with Crippen molar-refractivity contribution in [2.24, 2.45) is 28.9 Å². The average Bonchev–Trinajstić information content (AvgIpc) is 2.02. The van der Waals surface area contributed by atoms with E-state index in [2.05, 4.69) is 27.7 Å². The lowest BCUT2D eigenvalue weighted by atomic mass is 9.60. The highest BCUT2D eigenvalue weighted by molar-refractivity contribution is 5.80. The first-order valence-electron chi connectivity index (χ1n) is 5.68. The first-order chi connectivity index (χ1) is 6.38. The van der Waals surface area contributed by atoms with Gasteiger partial charge in [0.1, 0.15) is 0 Å². The van der Waals surface area contributed by atoms with Gasteiger partial charge in [-0.2, -0.15) is 0 Å². The molecule has 0 bridgehead atoms. The van der Waals surface area contributed by atoms with Crippen LogP contribution >= 0.6 is 0 Å². The van der Waals surface area contributed by atoms with Gasteiger partial charge in [0, 0.05) is 5.41 Å². The van der Waals surface area contributed by atoms with Crippen molar-refractivity contribution < 1.29 is 4.79 Å². The number of rotatable bonds is 2. The van der Waals surface area contributed by atoms with Crippen molar-refractivity contribution in [3.63, 3.8) is 0 Å². The number of primary amides is 1. The Balaban J connectivity index is 2.88. The molecule has 2 nitrogen and oxygen atoms in total. The Labute approximate surface area is 87.2 Å². The molecule has 0 saturated heterocycles. The molecule has 1 fully saturated rings. The zero-order valence-corrected chi connectivity index (χ0v) is 9.84. The predicted molar refractivity (Wildman–Crippen MR) is 58.6 cm³/mol. The molecule has 0 aromatic rings. The lowest BCUT2D eigenvalue weighted by molar-refractivity contribution is -0.134. The fourth-order valence-corrected chi connectivity index (χ4v) is 3.11. The average molecular weight is 197 g/mol. The summed E-state index contributed by atoms with van der Waals surface area (Å²) in [7, 11) is 0. The lowest BCUT2D eigenvalue weighted by Gasteiger charge is -2.43. The van der Waals surface area contributed by atoms with Crippen molar-refractivity contribution in [3.05, 3.63) is 0 Å². The molecule has 3 unspecified atom stereocenters. The van der Waals surface area contributed by atoms with Gasteiger partial charge in [0.25, 0.3) is 0 Å². The van der Waals surface area contributed by atoms with E-state index in [9.17, 15) is 4.79 Å². The number of hydrogen-bond donors (Lipinski definition) is 1. The molecule has 0 aliphatic heterocycles. The summed E-state index contributed by atoms with van der Waals surface area (Å²) in [6.45, 7) is 8.66. The van der Waals surface area contributed by atoms with Gasteiger partial charge in [-0.3, -0.25) is 4.79 Å². The summed E-state index contributed by atoms with van der Waals surface area (Å²) in [4.78, 5) is 11.6. The number of nitrogens with two attached hydrogens (primary N) is 1. The van der Waals surface area contributed by atoms with E-state index in [-0.39, 0.29) is 11.3 Å². The van der Waals surface area contributed by atoms with Crippen molar-refractivity contribution >= 4 is 5.91 Å². The molecule has 3 atom stereocenters. The normalized spacial score (nSPS) is 38.6. The monoisotopic (exact) mass is 197 g/mol. The van der Waals surface area contributed by atoms with Crippen LogP contribution in [-0.2, 0) is 4.79 Å². The number of carbonyl (C=O) groups excluding carboxylic acids is 1. The maximum atomic E-state index is 11.6. The highest BCUT2D eigenvalue weighted by Gasteiger charge is 2.44. The number of carbonyl (C=O) groups is 1. The molecule has 0 aromatic carbocycles. The Morgan fingerprint density at radius 3 is 2.43 bits per heavy atom. The summed E-state index contributed by atoms with van der Waals surface area (Å²) >= 11 is 0. The number of amides is 1. The van der Waals surface area contributed by atoms with Crippen molar-refractivity contribution in [1.82, 2.24) is 0 Å². The highest BCUT2D eigenvalue weighted by atomic mass is 16.1. The Morgan fingerprint density at radius 2 is 2.00 bits per heavy atom. The molecule has 2 N–H and O–H groups in total. The molecule has 1 aliphatic rings. The minimum atomic E-state index is -0.272. The van der Waals surface area contributed by atoms with E-state index in [0.717, 1.165) is 12.8 Å². The summed E-state index contributed by atoms with van der Waals surface area (Å²) in [6.07, 6.45) is 3.36. The molecule has 0 aromatic heterocycles. The van der Waals surface area contributed by atoms with Crippen LogP contribution in [0.3, 0.4) is 0 Å². The van der Waals surface area contributed by atoms with Gasteiger partial charge in [-0.15, -0.1) is 0 Å². The molecule has 1 aliphatic carbocycles. The van der Waals surface area contributed by atoms with Gasteiger partial charge >= 0.3 is 0 Å². The molecule has 1 amide bonds. The largest absolute Gasteiger partial charge is 0.369 e. The van der Waals surface area contributed by atoms with Gasteiger partial charge < -0.3 is 5.73 Å². The van der Waals surface area contributed by atoms with Gasteiger partial charge in [-0.05, 0) is 30.6 Å². The Bertz CT molecular complexity index is 224. The Kier molecular flexibility index (Phi) is 3.23. The van der Waals surface area contributed by atoms with E-state index in [1.54, 1.807) is 0 Å². The summed E-state index contributed by atoms with van der Waals surface area (Å²) in [5.41, 5.74) is 5.28. The van der Waals surface area contributed by atoms with Crippen LogP contribution in [0.25, 0.3) is 0 Å². The third-order valence-electron chi connectivity index (χ3n) is 3.93. The molecule has 82 valence electrons. The van der Waals surface area contributed by atoms with Crippen LogP contribution in [0.2, 0.25) is 0 Å². The van der Waals surface area contributed by atoms with Gasteiger partial charge in [0.05, 0.1) is 0 Å². The van der Waals surface area contributed by atoms with Crippen LogP contribution in [0, 0.1) is 23.2 Å². The zero-order valence-electron chi connectivity index (χ0n) is 9.84. The molecule has 1 saturated carbocycles. The van der Waals surface area contributed by atoms with Crippen molar-refractivity contribution in [2.75, 3.05) is 0 Å². The quantitative estimate of drug-likeness (QED) is 0.726. The molecule has 0 spiro atoms. The molecule has 2 heteroatoms. The van der Waals surface area contributed by atoms with Crippen LogP contribution in [0.1, 0.15) is 47.0 Å². The van der Waals surface area contributed by atoms with E-state index < -0.39 is 0 Å². The van der Waals surface area contributed by atoms with Crippen LogP contribution < -0.4 is 5.73 Å². The predicted octanol–water partition coefficient (Wildman–Crippen LogP) is 2.57. The van der Waals surface area contributed by atoms with Gasteiger partial charge in [0.2, 0.25) is 5.91 Å². The minimum absolute atomic E-state index is 0.109.